The van der Waals surface area contributed by atoms with Crippen molar-refractivity contribution in [3.63, 3.8) is 0 Å². The number of benzene rings is 10. The van der Waals surface area contributed by atoms with E-state index in [0.29, 0.717) is 49.2 Å². The lowest BCUT2D eigenvalue weighted by atomic mass is 9.90. The molecule has 0 radical (unpaired) electrons. The number of fused-ring (bicyclic) bond motifs is 1. The fourth-order valence-corrected chi connectivity index (χ4v) is 15.2. The Labute approximate surface area is 644 Å². The van der Waals surface area contributed by atoms with Crippen molar-refractivity contribution < 1.29 is 23.0 Å². The van der Waals surface area contributed by atoms with Crippen molar-refractivity contribution in [1.29, 1.82) is 0 Å². The molecule has 3 nitrogen and oxygen atoms in total. The maximum absolute atomic E-state index is 14.0. The molecule has 2 aromatic heterocycles. The Morgan fingerprint density at radius 1 is 0.438 bits per heavy atom. The Morgan fingerprint density at radius 3 is 1.49 bits per heavy atom. The second-order valence-corrected chi connectivity index (χ2v) is 32.5. The molecule has 1 aliphatic heterocycles. The third kappa shape index (κ3) is 24.4. The van der Waals surface area contributed by atoms with Gasteiger partial charge < -0.3 is 14.2 Å². The van der Waals surface area contributed by atoms with Gasteiger partial charge in [-0.05, 0) is 262 Å². The van der Waals surface area contributed by atoms with Crippen molar-refractivity contribution >= 4 is 56.0 Å². The first-order valence-electron chi connectivity index (χ1n) is 37.3. The Balaban J connectivity index is 0.000000152. The van der Waals surface area contributed by atoms with Crippen LogP contribution in [0.1, 0.15) is 217 Å². The third-order valence-electron chi connectivity index (χ3n) is 19.2. The lowest BCUT2D eigenvalue weighted by molar-refractivity contribution is 0.141. The molecule has 12 aromatic rings. The number of ether oxygens (including phenoxy) is 3. The van der Waals surface area contributed by atoms with Crippen LogP contribution in [-0.2, 0) is 36.8 Å². The summed E-state index contributed by atoms with van der Waals surface area (Å²) < 4.78 is 45.0. The standard InChI is InChI=1S/C21H21FS.C20H23ClO2.C19H24.C18H21ClO.C18H17FS/c1-14(2)17-5-4-15(3)18(12-17)13-20-10-11-21(23-20)16-6-8-19(22)9-7-16;1-14(2)16-5-8-20(21)17(12-16)11-15-3-6-18(7-4-15)23-19-9-10-22-13-19;1-13(2)19-12-18(15(4)10-16(19)5)11-17-8-6-14(3)7-9-17;1-4-20-17-8-5-14(6-9-17)11-16-12-15(13(2)3)7-10-18(16)19;1-12(2)13-7-8-17(19)15(9-13)11-16-10-14-5-3-4-6-18(14)20-16/h4-12,14H,13H2,1-3H3;3-8,12,14,19H,9-11,13H2,1-2H3;6-10,12-13H,11H2,1-5H3;5-10,12-13H,4,11H2,1-3H3;3-10,12H,11H2,1-2H3/t;19-;;;/m.0.../s1. The SMILES string of the molecule is CC(C)c1ccc(Cl)c(Cc2ccc(O[C@H]3CCOC3)cc2)c1.CC(C)c1ccc(F)c(Cc2cc3ccccc3s2)c1.CCOc1ccc(Cc2cc(C(C)C)ccc2Cl)cc1.Cc1ccc(C(C)C)cc1Cc1ccc(-c2ccc(F)cc2)s1.Cc1ccc(Cc2cc(C(C)C)c(C)cc2C)cc1. The summed E-state index contributed by atoms with van der Waals surface area (Å²) in [5.74, 6) is 4.13. The summed E-state index contributed by atoms with van der Waals surface area (Å²) in [4.78, 5) is 3.75. The van der Waals surface area contributed by atoms with Gasteiger partial charge in [0.2, 0.25) is 0 Å². The normalized spacial score (nSPS) is 12.6. The molecule has 1 fully saturated rings. The van der Waals surface area contributed by atoms with E-state index >= 15 is 0 Å². The van der Waals surface area contributed by atoms with E-state index in [1.54, 1.807) is 28.7 Å². The molecular weight excluding hydrogens is 1370 g/mol. The van der Waals surface area contributed by atoms with Gasteiger partial charge in [-0.25, -0.2) is 8.78 Å². The van der Waals surface area contributed by atoms with Gasteiger partial charge in [-0.2, -0.15) is 0 Å². The Hall–Kier alpha value is -8.14. The summed E-state index contributed by atoms with van der Waals surface area (Å²) in [7, 11) is 0. The zero-order valence-electron chi connectivity index (χ0n) is 64.2. The van der Waals surface area contributed by atoms with Crippen molar-refractivity contribution in [2.45, 2.75) is 178 Å². The van der Waals surface area contributed by atoms with Crippen molar-refractivity contribution in [3.05, 3.63) is 350 Å². The number of hydrogen-bond donors (Lipinski definition) is 0. The number of aryl methyl sites for hydroxylation is 4. The van der Waals surface area contributed by atoms with E-state index in [2.05, 4.69) is 230 Å². The summed E-state index contributed by atoms with van der Waals surface area (Å²) in [6.45, 7) is 35.0. The molecule has 1 aliphatic rings. The van der Waals surface area contributed by atoms with Crippen LogP contribution in [-0.4, -0.2) is 25.9 Å². The Morgan fingerprint density at radius 2 is 0.943 bits per heavy atom. The van der Waals surface area contributed by atoms with Crippen molar-refractivity contribution in [1.82, 2.24) is 0 Å². The van der Waals surface area contributed by atoms with E-state index in [0.717, 1.165) is 71.4 Å². The molecule has 3 heterocycles. The third-order valence-corrected chi connectivity index (χ3v) is 22.2. The van der Waals surface area contributed by atoms with Gasteiger partial charge in [-0.3, -0.25) is 0 Å². The summed E-state index contributed by atoms with van der Waals surface area (Å²) >= 11 is 16.2. The monoisotopic (exact) mass is 1480 g/mol. The van der Waals surface area contributed by atoms with E-state index < -0.39 is 0 Å². The maximum atomic E-state index is 14.0. The van der Waals surface area contributed by atoms with Gasteiger partial charge in [0.05, 0.1) is 19.8 Å². The predicted octanol–water partition coefficient (Wildman–Crippen LogP) is 28.3. The molecule has 1 saturated heterocycles. The van der Waals surface area contributed by atoms with Crippen molar-refractivity contribution in [2.75, 3.05) is 19.8 Å². The summed E-state index contributed by atoms with van der Waals surface area (Å²) in [5, 5.41) is 2.91. The zero-order chi connectivity index (χ0) is 75.3. The van der Waals surface area contributed by atoms with Crippen LogP contribution in [0.2, 0.25) is 10.0 Å². The number of rotatable bonds is 20. The molecule has 0 unspecified atom stereocenters. The van der Waals surface area contributed by atoms with Crippen LogP contribution in [0.4, 0.5) is 8.78 Å². The fourth-order valence-electron chi connectivity index (χ4n) is 12.7. The predicted molar refractivity (Wildman–Crippen MR) is 447 cm³/mol. The first-order valence-corrected chi connectivity index (χ1v) is 39.7. The Kier molecular flexibility index (Phi) is 30.4. The van der Waals surface area contributed by atoms with Crippen molar-refractivity contribution in [3.8, 4) is 21.9 Å². The van der Waals surface area contributed by atoms with Gasteiger partial charge in [0.1, 0.15) is 29.2 Å². The molecular formula is C96H106Cl2F2O3S2. The molecule has 0 spiro atoms. The maximum Gasteiger partial charge on any atom is 0.126 e. The summed E-state index contributed by atoms with van der Waals surface area (Å²) in [6.07, 6.45) is 5.52. The minimum Gasteiger partial charge on any atom is -0.494 e. The minimum atomic E-state index is -0.188. The molecule has 0 N–H and O–H groups in total. The highest BCUT2D eigenvalue weighted by molar-refractivity contribution is 7.19. The van der Waals surface area contributed by atoms with Crippen LogP contribution in [0.3, 0.4) is 0 Å². The Bertz CT molecular complexity index is 4660. The van der Waals surface area contributed by atoms with Crippen LogP contribution >= 0.6 is 45.9 Å². The molecule has 0 saturated carbocycles. The smallest absolute Gasteiger partial charge is 0.126 e. The first kappa shape index (κ1) is 80.9. The molecule has 13 rings (SSSR count). The number of thiophene rings is 2. The average Bonchev–Trinajstić information content (AvgIpc) is 1.83. The first-order chi connectivity index (χ1) is 50.3. The molecule has 1 atom stereocenters. The lowest BCUT2D eigenvalue weighted by Gasteiger charge is -2.15. The molecule has 548 valence electrons. The number of halogens is 4. The quantitative estimate of drug-likeness (QED) is 0.0761. The zero-order valence-corrected chi connectivity index (χ0v) is 67.4. The molecule has 105 heavy (non-hydrogen) atoms. The van der Waals surface area contributed by atoms with Crippen LogP contribution in [0.5, 0.6) is 11.5 Å². The highest BCUT2D eigenvalue weighted by Gasteiger charge is 2.18. The van der Waals surface area contributed by atoms with E-state index in [1.165, 1.54) is 126 Å². The molecule has 10 aromatic carbocycles. The van der Waals surface area contributed by atoms with E-state index in [9.17, 15) is 8.78 Å². The van der Waals surface area contributed by atoms with Gasteiger partial charge >= 0.3 is 0 Å². The van der Waals surface area contributed by atoms with Gasteiger partial charge in [-0.15, -0.1) is 22.7 Å². The van der Waals surface area contributed by atoms with Gasteiger partial charge in [0, 0.05) is 48.6 Å². The van der Waals surface area contributed by atoms with E-state index in [1.807, 2.05) is 79.7 Å². The largest absolute Gasteiger partial charge is 0.494 e. The lowest BCUT2D eigenvalue weighted by Crippen LogP contribution is -2.15. The highest BCUT2D eigenvalue weighted by Crippen LogP contribution is 2.34. The van der Waals surface area contributed by atoms with Gasteiger partial charge in [0.15, 0.2) is 0 Å². The van der Waals surface area contributed by atoms with Crippen molar-refractivity contribution in [2.24, 2.45) is 0 Å². The van der Waals surface area contributed by atoms with Crippen LogP contribution in [0, 0.1) is 39.3 Å². The molecule has 9 heteroatoms. The van der Waals surface area contributed by atoms with E-state index in [-0.39, 0.29) is 17.7 Å². The van der Waals surface area contributed by atoms with Crippen LogP contribution in [0.15, 0.2) is 224 Å². The topological polar surface area (TPSA) is 27.7 Å². The second-order valence-electron chi connectivity index (χ2n) is 29.4. The van der Waals surface area contributed by atoms with Crippen LogP contribution in [0.25, 0.3) is 20.5 Å². The van der Waals surface area contributed by atoms with E-state index in [4.69, 9.17) is 37.4 Å². The minimum absolute atomic E-state index is 0.105. The highest BCUT2D eigenvalue weighted by atomic mass is 35.5. The summed E-state index contributed by atoms with van der Waals surface area (Å²) in [5.41, 5.74) is 23.2. The van der Waals surface area contributed by atoms with Crippen LogP contribution < -0.4 is 9.47 Å². The molecule has 0 bridgehead atoms. The molecule has 0 aliphatic carbocycles. The fraction of sp³-hybridized carbons (Fsp3) is 0.312. The van der Waals surface area contributed by atoms with Gasteiger partial charge in [-0.1, -0.05) is 244 Å². The van der Waals surface area contributed by atoms with Gasteiger partial charge in [0.25, 0.3) is 0 Å². The molecule has 0 amide bonds. The summed E-state index contributed by atoms with van der Waals surface area (Å²) in [6, 6.07) is 76.6. The average molecular weight is 1480 g/mol. The second kappa shape index (κ2) is 39.5. The number of hydrogen-bond acceptors (Lipinski definition) is 5.